The van der Waals surface area contributed by atoms with Crippen LogP contribution in [-0.4, -0.2) is 72.1 Å². The van der Waals surface area contributed by atoms with Crippen LogP contribution in [0.3, 0.4) is 0 Å². The van der Waals surface area contributed by atoms with E-state index >= 15 is 0 Å². The van der Waals surface area contributed by atoms with Crippen LogP contribution in [0.5, 0.6) is 0 Å². The lowest BCUT2D eigenvalue weighted by Crippen LogP contribution is -2.34. The van der Waals surface area contributed by atoms with Crippen molar-refractivity contribution in [2.75, 3.05) is 13.1 Å². The fourth-order valence-corrected chi connectivity index (χ4v) is 4.27. The topological polar surface area (TPSA) is 121 Å². The number of carboxylic acid groups (broad SMARTS) is 2. The van der Waals surface area contributed by atoms with E-state index in [-0.39, 0.29) is 0 Å². The van der Waals surface area contributed by atoms with Gasteiger partial charge in [0.2, 0.25) is 0 Å². The first kappa shape index (κ1) is 33.0. The Bertz CT molecular complexity index is 1500. The fraction of sp³-hybridized carbons (Fsp3) is 0.321. The molecule has 5 rings (SSSR count). The van der Waals surface area contributed by atoms with Gasteiger partial charge in [0, 0.05) is 43.2 Å². The zero-order valence-electron chi connectivity index (χ0n) is 22.7. The summed E-state index contributed by atoms with van der Waals surface area (Å²) in [5.74, 6) is -4.16. The van der Waals surface area contributed by atoms with Crippen LogP contribution in [0, 0.1) is 6.92 Å². The molecule has 1 aromatic carbocycles. The molecule has 0 amide bonds. The first-order chi connectivity index (χ1) is 20.1. The average Bonchev–Trinajstić information content (AvgIpc) is 3.37. The number of pyridine rings is 2. The summed E-state index contributed by atoms with van der Waals surface area (Å²) in [4.78, 5) is 29.3. The van der Waals surface area contributed by atoms with Crippen LogP contribution in [0.4, 0.5) is 26.3 Å². The lowest BCUT2D eigenvalue weighted by atomic mass is 9.97. The molecule has 43 heavy (non-hydrogen) atoms. The van der Waals surface area contributed by atoms with Crippen LogP contribution >= 0.6 is 0 Å². The molecule has 1 atom stereocenters. The van der Waals surface area contributed by atoms with Gasteiger partial charge in [-0.05, 0) is 61.7 Å². The molecule has 9 nitrogen and oxygen atoms in total. The molecular formula is C28H27F6N5O4. The SMILES string of the molecule is Cc1cccc(CN2CCCC(c3nc4ccc(-c5ccncc5)cn4n3)C2)c1.O=C(O)C(F)(F)F.O=C(O)C(F)(F)F. The summed E-state index contributed by atoms with van der Waals surface area (Å²) in [6.07, 6.45) is -2.13. The monoisotopic (exact) mass is 611 g/mol. The minimum atomic E-state index is -5.08. The first-order valence-corrected chi connectivity index (χ1v) is 12.8. The van der Waals surface area contributed by atoms with E-state index in [0.29, 0.717) is 5.92 Å². The minimum absolute atomic E-state index is 0.387. The van der Waals surface area contributed by atoms with Gasteiger partial charge in [0.1, 0.15) is 0 Å². The van der Waals surface area contributed by atoms with Gasteiger partial charge in [0.15, 0.2) is 11.5 Å². The van der Waals surface area contributed by atoms with Gasteiger partial charge >= 0.3 is 24.3 Å². The van der Waals surface area contributed by atoms with E-state index in [1.807, 2.05) is 29.0 Å². The molecule has 3 aromatic heterocycles. The lowest BCUT2D eigenvalue weighted by Gasteiger charge is -2.31. The molecule has 4 heterocycles. The number of likely N-dealkylation sites (tertiary alicyclic amines) is 1. The predicted octanol–water partition coefficient (Wildman–Crippen LogP) is 5.75. The molecule has 0 saturated carbocycles. The summed E-state index contributed by atoms with van der Waals surface area (Å²) in [5.41, 5.74) is 5.88. The van der Waals surface area contributed by atoms with E-state index in [4.69, 9.17) is 29.9 Å². The van der Waals surface area contributed by atoms with Crippen molar-refractivity contribution in [3.63, 3.8) is 0 Å². The van der Waals surface area contributed by atoms with Crippen LogP contribution in [-0.2, 0) is 16.1 Å². The van der Waals surface area contributed by atoms with Gasteiger partial charge in [-0.1, -0.05) is 29.8 Å². The maximum Gasteiger partial charge on any atom is 0.490 e. The summed E-state index contributed by atoms with van der Waals surface area (Å²) in [7, 11) is 0. The van der Waals surface area contributed by atoms with E-state index in [1.165, 1.54) is 17.5 Å². The van der Waals surface area contributed by atoms with Crippen molar-refractivity contribution in [3.8, 4) is 11.1 Å². The summed E-state index contributed by atoms with van der Waals surface area (Å²) in [6, 6.07) is 17.0. The number of alkyl halides is 6. The van der Waals surface area contributed by atoms with Crippen LogP contribution < -0.4 is 0 Å². The highest BCUT2D eigenvalue weighted by atomic mass is 19.4. The van der Waals surface area contributed by atoms with Gasteiger partial charge in [0.05, 0.1) is 0 Å². The predicted molar refractivity (Wildman–Crippen MR) is 142 cm³/mol. The number of piperidine rings is 1. The normalized spacial score (nSPS) is 15.6. The number of aryl methyl sites for hydroxylation is 1. The van der Waals surface area contributed by atoms with Crippen molar-refractivity contribution in [2.24, 2.45) is 0 Å². The average molecular weight is 612 g/mol. The van der Waals surface area contributed by atoms with Gasteiger partial charge in [-0.15, -0.1) is 0 Å². The molecule has 1 fully saturated rings. The number of halogens is 6. The Kier molecular flexibility index (Phi) is 10.8. The Labute approximate surface area is 241 Å². The standard InChI is InChI=1S/C24H25N5.2C2HF3O2/c1-18-4-2-5-19(14-18)15-28-13-3-6-22(16-28)24-26-23-8-7-21(17-29(23)27-24)20-9-11-25-12-10-20;2*3-2(4,5)1(6)7/h2,4-5,7-12,14,17,22H,3,6,13,15-16H2,1H3;2*(H,6,7). The van der Waals surface area contributed by atoms with Crippen molar-refractivity contribution in [3.05, 3.63) is 84.1 Å². The molecule has 1 saturated heterocycles. The van der Waals surface area contributed by atoms with E-state index in [1.54, 1.807) is 0 Å². The van der Waals surface area contributed by atoms with Gasteiger partial charge in [-0.2, -0.15) is 31.4 Å². The minimum Gasteiger partial charge on any atom is -0.475 e. The zero-order chi connectivity index (χ0) is 31.8. The first-order valence-electron chi connectivity index (χ1n) is 12.8. The second-order valence-corrected chi connectivity index (χ2v) is 9.60. The van der Waals surface area contributed by atoms with Gasteiger partial charge in [-0.3, -0.25) is 9.88 Å². The number of fused-ring (bicyclic) bond motifs is 1. The molecule has 4 aromatic rings. The number of benzene rings is 1. The molecule has 2 N–H and O–H groups in total. The number of carbonyl (C=O) groups is 2. The fourth-order valence-electron chi connectivity index (χ4n) is 4.27. The number of hydrogen-bond acceptors (Lipinski definition) is 6. The van der Waals surface area contributed by atoms with E-state index < -0.39 is 24.3 Å². The summed E-state index contributed by atoms with van der Waals surface area (Å²) in [5, 5.41) is 19.1. The molecule has 0 radical (unpaired) electrons. The van der Waals surface area contributed by atoms with E-state index in [9.17, 15) is 26.3 Å². The number of nitrogens with zero attached hydrogens (tertiary/aromatic N) is 5. The van der Waals surface area contributed by atoms with Crippen molar-refractivity contribution >= 4 is 17.6 Å². The Hall–Kier alpha value is -4.53. The molecule has 1 unspecified atom stereocenters. The van der Waals surface area contributed by atoms with Crippen LogP contribution in [0.1, 0.15) is 35.7 Å². The summed E-state index contributed by atoms with van der Waals surface area (Å²) in [6.45, 7) is 5.31. The van der Waals surface area contributed by atoms with Crippen LogP contribution in [0.25, 0.3) is 16.8 Å². The molecule has 15 heteroatoms. The van der Waals surface area contributed by atoms with Crippen LogP contribution in [0.15, 0.2) is 67.1 Å². The lowest BCUT2D eigenvalue weighted by molar-refractivity contribution is -0.193. The Morgan fingerprint density at radius 1 is 0.930 bits per heavy atom. The summed E-state index contributed by atoms with van der Waals surface area (Å²) >= 11 is 0. The number of aromatic nitrogens is 4. The van der Waals surface area contributed by atoms with Crippen molar-refractivity contribution in [1.82, 2.24) is 24.5 Å². The van der Waals surface area contributed by atoms with Crippen molar-refractivity contribution in [2.45, 2.75) is 44.6 Å². The number of rotatable bonds is 4. The highest BCUT2D eigenvalue weighted by Crippen LogP contribution is 2.27. The highest BCUT2D eigenvalue weighted by Gasteiger charge is 2.38. The smallest absolute Gasteiger partial charge is 0.475 e. The number of carboxylic acids is 2. The van der Waals surface area contributed by atoms with Gasteiger partial charge < -0.3 is 10.2 Å². The maximum absolute atomic E-state index is 10.6. The molecule has 1 aliphatic heterocycles. The Morgan fingerprint density at radius 3 is 2.14 bits per heavy atom. The zero-order valence-corrected chi connectivity index (χ0v) is 22.7. The number of hydrogen-bond donors (Lipinski definition) is 2. The molecule has 1 aliphatic rings. The Balaban J connectivity index is 0.000000303. The largest absolute Gasteiger partial charge is 0.490 e. The van der Waals surface area contributed by atoms with Crippen molar-refractivity contribution in [1.29, 1.82) is 0 Å². The molecule has 230 valence electrons. The van der Waals surface area contributed by atoms with E-state index in [0.717, 1.165) is 48.7 Å². The molecule has 0 spiro atoms. The van der Waals surface area contributed by atoms with Crippen LogP contribution in [0.2, 0.25) is 0 Å². The number of aliphatic carboxylic acids is 2. The highest BCUT2D eigenvalue weighted by molar-refractivity contribution is 5.73. The Morgan fingerprint density at radius 2 is 1.56 bits per heavy atom. The molecule has 0 aliphatic carbocycles. The third kappa shape index (κ3) is 10.1. The second kappa shape index (κ2) is 14.1. The third-order valence-electron chi connectivity index (χ3n) is 6.21. The second-order valence-electron chi connectivity index (χ2n) is 9.60. The van der Waals surface area contributed by atoms with E-state index in [2.05, 4.69) is 59.4 Å². The molecular weight excluding hydrogens is 584 g/mol. The van der Waals surface area contributed by atoms with Gasteiger partial charge in [0.25, 0.3) is 0 Å². The van der Waals surface area contributed by atoms with Gasteiger partial charge in [-0.25, -0.2) is 19.1 Å². The van der Waals surface area contributed by atoms with Crippen molar-refractivity contribution < 1.29 is 46.1 Å². The maximum atomic E-state index is 10.6. The summed E-state index contributed by atoms with van der Waals surface area (Å²) < 4.78 is 65.4. The molecule has 0 bridgehead atoms. The third-order valence-corrected chi connectivity index (χ3v) is 6.21. The quantitative estimate of drug-likeness (QED) is 0.280.